The van der Waals surface area contributed by atoms with Gasteiger partial charge in [0.05, 0.1) is 11.6 Å². The summed E-state index contributed by atoms with van der Waals surface area (Å²) in [5, 5.41) is 12.8. The van der Waals surface area contributed by atoms with Crippen LogP contribution in [-0.2, 0) is 11.4 Å². The van der Waals surface area contributed by atoms with Gasteiger partial charge in [-0.3, -0.25) is 4.79 Å². The third kappa shape index (κ3) is 6.26. The molecule has 0 bridgehead atoms. The van der Waals surface area contributed by atoms with Crippen molar-refractivity contribution in [2.45, 2.75) is 52.2 Å². The van der Waals surface area contributed by atoms with Crippen LogP contribution in [-0.4, -0.2) is 18.6 Å². The summed E-state index contributed by atoms with van der Waals surface area (Å²) in [4.78, 5) is 12.5. The number of carbonyl (C=O) groups excluding carboxylic acids is 1. The second-order valence-corrected chi connectivity index (χ2v) is 8.07. The van der Waals surface area contributed by atoms with Crippen LogP contribution >= 0.6 is 11.6 Å². The number of nitrogens with one attached hydrogen (secondary N) is 1. The van der Waals surface area contributed by atoms with E-state index in [1.54, 1.807) is 12.1 Å². The summed E-state index contributed by atoms with van der Waals surface area (Å²) in [7, 11) is 0. The molecule has 0 aromatic heterocycles. The Morgan fingerprint density at radius 3 is 2.58 bits per heavy atom. The van der Waals surface area contributed by atoms with Crippen molar-refractivity contribution in [3.8, 4) is 17.6 Å². The lowest BCUT2D eigenvalue weighted by Gasteiger charge is -2.15. The number of hydrogen-bond acceptors (Lipinski definition) is 4. The monoisotopic (exact) mass is 438 g/mol. The minimum absolute atomic E-state index is 0.0405. The maximum Gasteiger partial charge on any atom is 0.262 e. The summed E-state index contributed by atoms with van der Waals surface area (Å²) in [6.07, 6.45) is 5.65. The fraction of sp³-hybridized carbons (Fsp3) is 0.360. The second-order valence-electron chi connectivity index (χ2n) is 7.66. The Balaban J connectivity index is 1.80. The Morgan fingerprint density at radius 1 is 1.23 bits per heavy atom. The van der Waals surface area contributed by atoms with Crippen molar-refractivity contribution in [1.29, 1.82) is 5.26 Å². The standard InChI is InChI=1S/C25H27ClN2O3/c1-3-30-23-14-19(12-20(15-27)25(29)28-21-6-4-5-7-21)13-22(26)24(23)31-16-18-10-8-17(2)9-11-18/h8-14,21H,3-7,16H2,1-2H3,(H,28,29)/b20-12-. The lowest BCUT2D eigenvalue weighted by molar-refractivity contribution is -0.117. The smallest absolute Gasteiger partial charge is 0.262 e. The molecule has 0 saturated heterocycles. The Labute approximate surface area is 188 Å². The van der Waals surface area contributed by atoms with Gasteiger partial charge in [0, 0.05) is 6.04 Å². The molecule has 2 aromatic rings. The fourth-order valence-corrected chi connectivity index (χ4v) is 3.84. The Kier molecular flexibility index (Phi) is 7.97. The zero-order valence-corrected chi connectivity index (χ0v) is 18.7. The van der Waals surface area contributed by atoms with E-state index in [4.69, 9.17) is 21.1 Å². The summed E-state index contributed by atoms with van der Waals surface area (Å²) in [5.74, 6) is 0.556. The number of halogens is 1. The lowest BCUT2D eigenvalue weighted by Crippen LogP contribution is -2.33. The maximum atomic E-state index is 12.5. The molecule has 0 spiro atoms. The van der Waals surface area contributed by atoms with Crippen LogP contribution in [0.15, 0.2) is 42.0 Å². The van der Waals surface area contributed by atoms with E-state index in [1.165, 1.54) is 11.6 Å². The zero-order chi connectivity index (χ0) is 22.2. The number of carbonyl (C=O) groups is 1. The number of nitrogens with zero attached hydrogens (tertiary/aromatic N) is 1. The number of ether oxygens (including phenoxy) is 2. The molecule has 0 atom stereocenters. The highest BCUT2D eigenvalue weighted by molar-refractivity contribution is 6.32. The van der Waals surface area contributed by atoms with Gasteiger partial charge in [-0.05, 0) is 56.0 Å². The molecular formula is C25H27ClN2O3. The normalized spacial score (nSPS) is 14.2. The molecular weight excluding hydrogens is 412 g/mol. The molecule has 0 radical (unpaired) electrons. The van der Waals surface area contributed by atoms with Crippen molar-refractivity contribution in [2.24, 2.45) is 0 Å². The van der Waals surface area contributed by atoms with E-state index < -0.39 is 0 Å². The van der Waals surface area contributed by atoms with Gasteiger partial charge in [-0.25, -0.2) is 0 Å². The molecule has 1 N–H and O–H groups in total. The van der Waals surface area contributed by atoms with E-state index in [9.17, 15) is 10.1 Å². The van der Waals surface area contributed by atoms with Crippen LogP contribution in [0.1, 0.15) is 49.3 Å². The first-order chi connectivity index (χ1) is 15.0. The highest BCUT2D eigenvalue weighted by Gasteiger charge is 2.20. The van der Waals surface area contributed by atoms with Crippen LogP contribution in [0.5, 0.6) is 11.5 Å². The van der Waals surface area contributed by atoms with Crippen LogP contribution in [0, 0.1) is 18.3 Å². The predicted octanol–water partition coefficient (Wildman–Crippen LogP) is 5.59. The molecule has 1 aliphatic rings. The molecule has 1 amide bonds. The molecule has 0 aliphatic heterocycles. The average molecular weight is 439 g/mol. The fourth-order valence-electron chi connectivity index (χ4n) is 3.56. The lowest BCUT2D eigenvalue weighted by atomic mass is 10.1. The van der Waals surface area contributed by atoms with Crippen LogP contribution in [0.4, 0.5) is 0 Å². The predicted molar refractivity (Wildman–Crippen MR) is 122 cm³/mol. The molecule has 0 heterocycles. The minimum atomic E-state index is -0.358. The van der Waals surface area contributed by atoms with Gasteiger partial charge in [0.2, 0.25) is 0 Å². The van der Waals surface area contributed by atoms with Crippen molar-refractivity contribution in [3.63, 3.8) is 0 Å². The van der Waals surface area contributed by atoms with Crippen molar-refractivity contribution in [2.75, 3.05) is 6.61 Å². The minimum Gasteiger partial charge on any atom is -0.490 e. The number of benzene rings is 2. The van der Waals surface area contributed by atoms with Crippen LogP contribution in [0.25, 0.3) is 6.08 Å². The van der Waals surface area contributed by atoms with E-state index in [2.05, 4.69) is 5.32 Å². The second kappa shape index (κ2) is 10.9. The largest absolute Gasteiger partial charge is 0.490 e. The Hall–Kier alpha value is -2.97. The quantitative estimate of drug-likeness (QED) is 0.430. The number of nitriles is 1. The Morgan fingerprint density at radius 2 is 1.94 bits per heavy atom. The van der Waals surface area contributed by atoms with Gasteiger partial charge in [0.1, 0.15) is 18.2 Å². The van der Waals surface area contributed by atoms with Gasteiger partial charge >= 0.3 is 0 Å². The maximum absolute atomic E-state index is 12.5. The summed E-state index contributed by atoms with van der Waals surface area (Å²) in [6.45, 7) is 4.68. The average Bonchev–Trinajstić information content (AvgIpc) is 3.26. The molecule has 162 valence electrons. The van der Waals surface area contributed by atoms with Crippen molar-refractivity contribution in [1.82, 2.24) is 5.32 Å². The molecule has 31 heavy (non-hydrogen) atoms. The highest BCUT2D eigenvalue weighted by Crippen LogP contribution is 2.38. The van der Waals surface area contributed by atoms with E-state index in [0.717, 1.165) is 31.2 Å². The molecule has 0 unspecified atom stereocenters. The molecule has 6 heteroatoms. The molecule has 3 rings (SSSR count). The first-order valence-corrected chi connectivity index (χ1v) is 10.9. The van der Waals surface area contributed by atoms with Crippen LogP contribution < -0.4 is 14.8 Å². The topological polar surface area (TPSA) is 71.3 Å². The SMILES string of the molecule is CCOc1cc(/C=C(/C#N)C(=O)NC2CCCC2)cc(Cl)c1OCc1ccc(C)cc1. The van der Waals surface area contributed by atoms with E-state index in [-0.39, 0.29) is 17.5 Å². The molecule has 1 fully saturated rings. The van der Waals surface area contributed by atoms with Crippen molar-refractivity contribution < 1.29 is 14.3 Å². The summed E-state index contributed by atoms with van der Waals surface area (Å²) < 4.78 is 11.7. The number of rotatable bonds is 8. The number of aryl methyl sites for hydroxylation is 1. The Bertz CT molecular complexity index is 987. The van der Waals surface area contributed by atoms with Crippen LogP contribution in [0.2, 0.25) is 5.02 Å². The third-order valence-electron chi connectivity index (χ3n) is 5.20. The first-order valence-electron chi connectivity index (χ1n) is 10.6. The molecule has 1 aliphatic carbocycles. The van der Waals surface area contributed by atoms with Crippen molar-refractivity contribution >= 4 is 23.6 Å². The van der Waals surface area contributed by atoms with Gasteiger partial charge in [-0.1, -0.05) is 54.3 Å². The van der Waals surface area contributed by atoms with Gasteiger partial charge in [0.15, 0.2) is 11.5 Å². The van der Waals surface area contributed by atoms with Gasteiger partial charge < -0.3 is 14.8 Å². The van der Waals surface area contributed by atoms with Gasteiger partial charge in [-0.2, -0.15) is 5.26 Å². The van der Waals surface area contributed by atoms with Crippen LogP contribution in [0.3, 0.4) is 0 Å². The van der Waals surface area contributed by atoms with Gasteiger partial charge in [0.25, 0.3) is 5.91 Å². The summed E-state index contributed by atoms with van der Waals surface area (Å²) in [5.41, 5.74) is 2.84. The summed E-state index contributed by atoms with van der Waals surface area (Å²) in [6, 6.07) is 13.6. The first kappa shape index (κ1) is 22.7. The molecule has 1 saturated carbocycles. The van der Waals surface area contributed by atoms with E-state index in [0.29, 0.717) is 35.3 Å². The zero-order valence-electron chi connectivity index (χ0n) is 17.9. The molecule has 2 aromatic carbocycles. The third-order valence-corrected chi connectivity index (χ3v) is 5.48. The van der Waals surface area contributed by atoms with Gasteiger partial charge in [-0.15, -0.1) is 0 Å². The highest BCUT2D eigenvalue weighted by atomic mass is 35.5. The number of amides is 1. The molecule has 5 nitrogen and oxygen atoms in total. The van der Waals surface area contributed by atoms with E-state index >= 15 is 0 Å². The summed E-state index contributed by atoms with van der Waals surface area (Å²) >= 11 is 6.49. The van der Waals surface area contributed by atoms with E-state index in [1.807, 2.05) is 44.2 Å². The van der Waals surface area contributed by atoms with Crippen molar-refractivity contribution in [3.05, 3.63) is 63.7 Å². The number of hydrogen-bond donors (Lipinski definition) is 1.